The molecule has 2 rings (SSSR count). The van der Waals surface area contributed by atoms with E-state index in [4.69, 9.17) is 14.7 Å². The Morgan fingerprint density at radius 1 is 0.957 bits per heavy atom. The van der Waals surface area contributed by atoms with Crippen molar-refractivity contribution in [2.24, 2.45) is 0 Å². The summed E-state index contributed by atoms with van der Waals surface area (Å²) in [7, 11) is 3.16. The normalized spacial score (nSPS) is 10.7. The summed E-state index contributed by atoms with van der Waals surface area (Å²) in [6.45, 7) is 0. The van der Waals surface area contributed by atoms with Crippen LogP contribution in [0.2, 0.25) is 0 Å². The molecule has 0 fully saturated rings. The summed E-state index contributed by atoms with van der Waals surface area (Å²) in [5, 5.41) is 8.82. The second kappa shape index (κ2) is 7.81. The summed E-state index contributed by atoms with van der Waals surface area (Å²) in [5.41, 5.74) is 1.80. The van der Waals surface area contributed by atoms with E-state index in [9.17, 15) is 4.79 Å². The number of carbonyl (C=O) groups excluding carboxylic acids is 1. The Hall–Kier alpha value is -3.06. The number of carbonyl (C=O) groups is 1. The third-order valence-corrected chi connectivity index (χ3v) is 3.40. The topological polar surface area (TPSA) is 59.3 Å². The van der Waals surface area contributed by atoms with E-state index < -0.39 is 0 Å². The molecule has 2 aromatic rings. The first-order chi connectivity index (χ1) is 11.2. The van der Waals surface area contributed by atoms with Crippen molar-refractivity contribution < 1.29 is 14.3 Å². The molecule has 0 heterocycles. The van der Waals surface area contributed by atoms with Gasteiger partial charge in [0, 0.05) is 11.1 Å². The molecule has 0 saturated carbocycles. The van der Waals surface area contributed by atoms with E-state index in [0.717, 1.165) is 5.56 Å². The minimum atomic E-state index is -0.131. The van der Waals surface area contributed by atoms with Gasteiger partial charge in [-0.05, 0) is 42.0 Å². The molecule has 0 radical (unpaired) electrons. The zero-order valence-electron chi connectivity index (χ0n) is 13.1. The summed E-state index contributed by atoms with van der Waals surface area (Å²) in [4.78, 5) is 12.8. The summed E-state index contributed by atoms with van der Waals surface area (Å²) in [6.07, 6.45) is 1.82. The zero-order chi connectivity index (χ0) is 16.7. The molecule has 4 nitrogen and oxygen atoms in total. The minimum Gasteiger partial charge on any atom is -0.497 e. The Morgan fingerprint density at radius 3 is 1.87 bits per heavy atom. The molecule has 0 atom stereocenters. The summed E-state index contributed by atoms with van der Waals surface area (Å²) in [6, 6.07) is 16.1. The number of rotatable bonds is 6. The molecule has 0 aliphatic heterocycles. The minimum absolute atomic E-state index is 0.131. The lowest BCUT2D eigenvalue weighted by atomic mass is 9.95. The first-order valence-electron chi connectivity index (χ1n) is 7.10. The molecule has 0 spiro atoms. The van der Waals surface area contributed by atoms with Gasteiger partial charge >= 0.3 is 0 Å². The fraction of sp³-hybridized carbons (Fsp3) is 0.158. The van der Waals surface area contributed by atoms with Gasteiger partial charge in [0.05, 0.1) is 26.7 Å². The Kier molecular flexibility index (Phi) is 5.54. The molecule has 0 bridgehead atoms. The van der Waals surface area contributed by atoms with Crippen LogP contribution in [0.5, 0.6) is 11.5 Å². The fourth-order valence-corrected chi connectivity index (χ4v) is 2.16. The predicted octanol–water partition coefficient (Wildman–Crippen LogP) is 3.88. The van der Waals surface area contributed by atoms with Crippen LogP contribution in [0.25, 0.3) is 5.57 Å². The van der Waals surface area contributed by atoms with Crippen LogP contribution in [0.15, 0.2) is 54.6 Å². The van der Waals surface area contributed by atoms with Crippen LogP contribution < -0.4 is 9.47 Å². The number of hydrogen-bond acceptors (Lipinski definition) is 4. The molecular formula is C19H17NO3. The molecule has 0 saturated heterocycles. The maximum Gasteiger partial charge on any atom is 0.193 e. The molecular weight excluding hydrogens is 290 g/mol. The highest BCUT2D eigenvalue weighted by Crippen LogP contribution is 2.24. The van der Waals surface area contributed by atoms with Crippen molar-refractivity contribution in [2.45, 2.75) is 6.42 Å². The van der Waals surface area contributed by atoms with Crippen molar-refractivity contribution in [3.05, 3.63) is 65.7 Å². The van der Waals surface area contributed by atoms with E-state index in [2.05, 4.69) is 0 Å². The van der Waals surface area contributed by atoms with Crippen LogP contribution in [0, 0.1) is 11.3 Å². The number of Topliss-reactive ketones (excluding diaryl/α,β-unsaturated/α-hetero) is 1. The van der Waals surface area contributed by atoms with Crippen molar-refractivity contribution >= 4 is 11.4 Å². The van der Waals surface area contributed by atoms with E-state index in [1.807, 2.05) is 18.2 Å². The second-order valence-corrected chi connectivity index (χ2v) is 4.77. The average Bonchev–Trinajstić information content (AvgIpc) is 2.62. The van der Waals surface area contributed by atoms with Crippen LogP contribution in [-0.4, -0.2) is 20.0 Å². The third-order valence-electron chi connectivity index (χ3n) is 3.40. The number of ketones is 1. The van der Waals surface area contributed by atoms with Gasteiger partial charge in [0.25, 0.3) is 0 Å². The fourth-order valence-electron chi connectivity index (χ4n) is 2.16. The molecule has 0 aliphatic carbocycles. The van der Waals surface area contributed by atoms with Crippen LogP contribution in [0.1, 0.15) is 22.3 Å². The van der Waals surface area contributed by atoms with Gasteiger partial charge in [-0.2, -0.15) is 5.26 Å². The SMILES string of the molecule is COc1ccc(C(=O)C(=CCC#N)c2ccc(OC)cc2)cc1. The molecule has 0 aromatic heterocycles. The van der Waals surface area contributed by atoms with Crippen LogP contribution >= 0.6 is 0 Å². The lowest BCUT2D eigenvalue weighted by molar-refractivity contribution is 0.105. The molecule has 4 heteroatoms. The highest BCUT2D eigenvalue weighted by molar-refractivity contribution is 6.28. The molecule has 2 aromatic carbocycles. The average molecular weight is 307 g/mol. The van der Waals surface area contributed by atoms with Crippen LogP contribution in [0.3, 0.4) is 0 Å². The highest BCUT2D eigenvalue weighted by atomic mass is 16.5. The van der Waals surface area contributed by atoms with Crippen molar-refractivity contribution in [3.8, 4) is 17.6 Å². The Bertz CT molecular complexity index is 738. The number of nitriles is 1. The zero-order valence-corrected chi connectivity index (χ0v) is 13.1. The first-order valence-corrected chi connectivity index (χ1v) is 7.10. The maximum atomic E-state index is 12.8. The van der Waals surface area contributed by atoms with Crippen molar-refractivity contribution in [1.82, 2.24) is 0 Å². The lowest BCUT2D eigenvalue weighted by Crippen LogP contribution is -2.03. The van der Waals surface area contributed by atoms with Gasteiger partial charge in [0.1, 0.15) is 11.5 Å². The molecule has 116 valence electrons. The van der Waals surface area contributed by atoms with Crippen molar-refractivity contribution in [1.29, 1.82) is 5.26 Å². The summed E-state index contributed by atoms with van der Waals surface area (Å²) in [5.74, 6) is 1.27. The van der Waals surface area contributed by atoms with Gasteiger partial charge in [-0.25, -0.2) is 0 Å². The first kappa shape index (κ1) is 16.3. The van der Waals surface area contributed by atoms with Crippen LogP contribution in [0.4, 0.5) is 0 Å². The van der Waals surface area contributed by atoms with Gasteiger partial charge in [-0.1, -0.05) is 18.2 Å². The van der Waals surface area contributed by atoms with Gasteiger partial charge in [-0.3, -0.25) is 4.79 Å². The predicted molar refractivity (Wildman–Crippen MR) is 88.5 cm³/mol. The van der Waals surface area contributed by atoms with Gasteiger partial charge in [-0.15, -0.1) is 0 Å². The number of allylic oxidation sites excluding steroid dienone is 2. The Labute approximate surface area is 135 Å². The number of ether oxygens (including phenoxy) is 2. The lowest BCUT2D eigenvalue weighted by Gasteiger charge is -2.09. The standard InChI is InChI=1S/C19H17NO3/c1-22-16-9-5-14(6-10-16)18(4-3-13-20)19(21)15-7-11-17(23-2)12-8-15/h4-12H,3H2,1-2H3. The molecule has 0 N–H and O–H groups in total. The molecule has 0 amide bonds. The number of hydrogen-bond donors (Lipinski definition) is 0. The quantitative estimate of drug-likeness (QED) is 0.600. The van der Waals surface area contributed by atoms with Gasteiger partial charge in [0.2, 0.25) is 0 Å². The second-order valence-electron chi connectivity index (χ2n) is 4.77. The Balaban J connectivity index is 2.36. The van der Waals surface area contributed by atoms with E-state index in [0.29, 0.717) is 22.6 Å². The van der Waals surface area contributed by atoms with Crippen LogP contribution in [-0.2, 0) is 0 Å². The highest BCUT2D eigenvalue weighted by Gasteiger charge is 2.14. The Morgan fingerprint density at radius 2 is 1.43 bits per heavy atom. The molecule has 23 heavy (non-hydrogen) atoms. The molecule has 0 unspecified atom stereocenters. The molecule has 0 aliphatic rings. The number of nitrogens with zero attached hydrogens (tertiary/aromatic N) is 1. The maximum absolute atomic E-state index is 12.8. The van der Waals surface area contributed by atoms with E-state index in [1.165, 1.54) is 0 Å². The van der Waals surface area contributed by atoms with Crippen molar-refractivity contribution in [3.63, 3.8) is 0 Å². The van der Waals surface area contributed by atoms with Crippen molar-refractivity contribution in [2.75, 3.05) is 14.2 Å². The summed E-state index contributed by atoms with van der Waals surface area (Å²) >= 11 is 0. The van der Waals surface area contributed by atoms with E-state index >= 15 is 0 Å². The number of methoxy groups -OCH3 is 2. The van der Waals surface area contributed by atoms with E-state index in [-0.39, 0.29) is 12.2 Å². The summed E-state index contributed by atoms with van der Waals surface area (Å²) < 4.78 is 10.2. The third kappa shape index (κ3) is 3.98. The van der Waals surface area contributed by atoms with Gasteiger partial charge < -0.3 is 9.47 Å². The smallest absolute Gasteiger partial charge is 0.193 e. The van der Waals surface area contributed by atoms with Gasteiger partial charge in [0.15, 0.2) is 5.78 Å². The number of benzene rings is 2. The van der Waals surface area contributed by atoms with E-state index in [1.54, 1.807) is 56.7 Å². The largest absolute Gasteiger partial charge is 0.497 e. The monoisotopic (exact) mass is 307 g/mol.